The van der Waals surface area contributed by atoms with Crippen molar-refractivity contribution in [2.45, 2.75) is 51.0 Å². The number of sulfonamides is 1. The van der Waals surface area contributed by atoms with Crippen LogP contribution in [-0.4, -0.2) is 40.2 Å². The van der Waals surface area contributed by atoms with Crippen LogP contribution in [0.25, 0.3) is 0 Å². The van der Waals surface area contributed by atoms with Gasteiger partial charge in [-0.3, -0.25) is 4.79 Å². The summed E-state index contributed by atoms with van der Waals surface area (Å²) in [7, 11) is -3.68. The summed E-state index contributed by atoms with van der Waals surface area (Å²) in [6, 6.07) is 10.8. The van der Waals surface area contributed by atoms with Gasteiger partial charge in [0, 0.05) is 19.6 Å². The molecule has 8 heteroatoms. The first-order valence-electron chi connectivity index (χ1n) is 10.5. The lowest BCUT2D eigenvalue weighted by atomic mass is 10.2. The maximum Gasteiger partial charge on any atom is 0.240 e. The molecule has 0 saturated carbocycles. The molecule has 3 rings (SSSR count). The number of amides is 1. The summed E-state index contributed by atoms with van der Waals surface area (Å²) < 4.78 is 39.1. The topological polar surface area (TPSA) is 93.7 Å². The van der Waals surface area contributed by atoms with Crippen molar-refractivity contribution in [1.29, 1.82) is 0 Å². The summed E-state index contributed by atoms with van der Waals surface area (Å²) in [6.07, 6.45) is 2.07. The number of hydrogen-bond donors (Lipinski definition) is 2. The van der Waals surface area contributed by atoms with Crippen molar-refractivity contribution >= 4 is 21.6 Å². The van der Waals surface area contributed by atoms with Gasteiger partial charge in [-0.2, -0.15) is 0 Å². The predicted octanol–water partition coefficient (Wildman–Crippen LogP) is 3.48. The quantitative estimate of drug-likeness (QED) is 0.615. The Morgan fingerprint density at radius 1 is 1.13 bits per heavy atom. The van der Waals surface area contributed by atoms with Gasteiger partial charge < -0.3 is 14.8 Å². The van der Waals surface area contributed by atoms with Gasteiger partial charge in [0.25, 0.3) is 0 Å². The molecule has 31 heavy (non-hydrogen) atoms. The molecule has 1 unspecified atom stereocenters. The van der Waals surface area contributed by atoms with Crippen molar-refractivity contribution in [3.63, 3.8) is 0 Å². The molecule has 1 fully saturated rings. The molecule has 1 aliphatic heterocycles. The van der Waals surface area contributed by atoms with Crippen molar-refractivity contribution in [2.75, 3.05) is 25.1 Å². The van der Waals surface area contributed by atoms with Crippen LogP contribution in [-0.2, 0) is 19.6 Å². The molecule has 2 aromatic carbocycles. The fourth-order valence-electron chi connectivity index (χ4n) is 3.40. The minimum atomic E-state index is -3.68. The van der Waals surface area contributed by atoms with Gasteiger partial charge in [-0.1, -0.05) is 18.2 Å². The standard InChI is InChI=1S/C23H30N2O5S/c1-16-7-9-20(21(13-16)30-15-19-5-4-12-29-19)25-23(26)10-11-24-31(27,28)22-14-17(2)6-8-18(22)3/h6-9,13-14,19,24H,4-5,10-12,15H2,1-3H3,(H,25,26). The van der Waals surface area contributed by atoms with Crippen LogP contribution in [0.15, 0.2) is 41.3 Å². The van der Waals surface area contributed by atoms with E-state index in [0.29, 0.717) is 23.6 Å². The molecule has 0 aromatic heterocycles. The van der Waals surface area contributed by atoms with Crippen LogP contribution in [0.3, 0.4) is 0 Å². The first-order valence-corrected chi connectivity index (χ1v) is 11.9. The van der Waals surface area contributed by atoms with Crippen LogP contribution in [0.2, 0.25) is 0 Å². The molecule has 1 amide bonds. The van der Waals surface area contributed by atoms with Crippen LogP contribution >= 0.6 is 0 Å². The van der Waals surface area contributed by atoms with E-state index in [4.69, 9.17) is 9.47 Å². The highest BCUT2D eigenvalue weighted by atomic mass is 32.2. The van der Waals surface area contributed by atoms with E-state index in [0.717, 1.165) is 30.6 Å². The monoisotopic (exact) mass is 446 g/mol. The molecular weight excluding hydrogens is 416 g/mol. The van der Waals surface area contributed by atoms with E-state index in [-0.39, 0.29) is 29.9 Å². The molecule has 1 heterocycles. The van der Waals surface area contributed by atoms with Gasteiger partial charge >= 0.3 is 0 Å². The molecule has 1 atom stereocenters. The number of rotatable bonds is 9. The molecule has 0 radical (unpaired) electrons. The SMILES string of the molecule is Cc1ccc(NC(=O)CCNS(=O)(=O)c2cc(C)ccc2C)c(OCC2CCCO2)c1. The van der Waals surface area contributed by atoms with E-state index in [1.807, 2.05) is 32.0 Å². The molecule has 1 aliphatic rings. The largest absolute Gasteiger partial charge is 0.489 e. The van der Waals surface area contributed by atoms with Crippen LogP contribution < -0.4 is 14.8 Å². The van der Waals surface area contributed by atoms with Crippen LogP contribution in [0, 0.1) is 20.8 Å². The van der Waals surface area contributed by atoms with Gasteiger partial charge in [-0.05, 0) is 68.5 Å². The van der Waals surface area contributed by atoms with Crippen molar-refractivity contribution in [3.8, 4) is 5.75 Å². The third kappa shape index (κ3) is 6.53. The molecule has 2 aromatic rings. The number of anilines is 1. The number of benzene rings is 2. The second-order valence-electron chi connectivity index (χ2n) is 7.91. The van der Waals surface area contributed by atoms with Gasteiger partial charge in [0.15, 0.2) is 0 Å². The summed E-state index contributed by atoms with van der Waals surface area (Å²) in [5.74, 6) is 0.286. The average Bonchev–Trinajstić information content (AvgIpc) is 3.23. The van der Waals surface area contributed by atoms with Crippen molar-refractivity contribution < 1.29 is 22.7 Å². The minimum absolute atomic E-state index is 0.000482. The highest BCUT2D eigenvalue weighted by Crippen LogP contribution is 2.27. The summed E-state index contributed by atoms with van der Waals surface area (Å²) in [6.45, 7) is 6.72. The zero-order chi connectivity index (χ0) is 22.4. The maximum absolute atomic E-state index is 12.6. The van der Waals surface area contributed by atoms with Gasteiger partial charge in [-0.15, -0.1) is 0 Å². The molecule has 0 aliphatic carbocycles. The van der Waals surface area contributed by atoms with Crippen molar-refractivity contribution in [2.24, 2.45) is 0 Å². The van der Waals surface area contributed by atoms with E-state index in [1.165, 1.54) is 0 Å². The summed E-state index contributed by atoms with van der Waals surface area (Å²) >= 11 is 0. The lowest BCUT2D eigenvalue weighted by molar-refractivity contribution is -0.116. The Balaban J connectivity index is 1.56. The summed E-state index contributed by atoms with van der Waals surface area (Å²) in [5, 5.41) is 2.82. The highest BCUT2D eigenvalue weighted by molar-refractivity contribution is 7.89. The van der Waals surface area contributed by atoms with Crippen molar-refractivity contribution in [3.05, 3.63) is 53.1 Å². The zero-order valence-electron chi connectivity index (χ0n) is 18.2. The minimum Gasteiger partial charge on any atom is -0.489 e. The molecule has 0 bridgehead atoms. The van der Waals surface area contributed by atoms with E-state index in [1.54, 1.807) is 25.1 Å². The molecule has 1 saturated heterocycles. The number of hydrogen-bond acceptors (Lipinski definition) is 5. The van der Waals surface area contributed by atoms with Crippen LogP contribution in [0.1, 0.15) is 36.0 Å². The number of aryl methyl sites for hydroxylation is 3. The van der Waals surface area contributed by atoms with Gasteiger partial charge in [0.1, 0.15) is 12.4 Å². The van der Waals surface area contributed by atoms with Crippen LogP contribution in [0.5, 0.6) is 5.75 Å². The average molecular weight is 447 g/mol. The third-order valence-electron chi connectivity index (χ3n) is 5.14. The lowest BCUT2D eigenvalue weighted by Gasteiger charge is -2.16. The predicted molar refractivity (Wildman–Crippen MR) is 120 cm³/mol. The van der Waals surface area contributed by atoms with Gasteiger partial charge in [0.05, 0.1) is 16.7 Å². The Morgan fingerprint density at radius 2 is 1.87 bits per heavy atom. The van der Waals surface area contributed by atoms with Crippen molar-refractivity contribution in [1.82, 2.24) is 4.72 Å². The third-order valence-corrected chi connectivity index (χ3v) is 6.74. The Hall–Kier alpha value is -2.42. The lowest BCUT2D eigenvalue weighted by Crippen LogP contribution is -2.28. The molecule has 168 valence electrons. The van der Waals surface area contributed by atoms with Gasteiger partial charge in [-0.25, -0.2) is 13.1 Å². The van der Waals surface area contributed by atoms with E-state index >= 15 is 0 Å². The number of carbonyl (C=O) groups excluding carboxylic acids is 1. The number of carbonyl (C=O) groups is 1. The zero-order valence-corrected chi connectivity index (χ0v) is 19.1. The van der Waals surface area contributed by atoms with Gasteiger partial charge in [0.2, 0.25) is 15.9 Å². The fourth-order valence-corrected chi connectivity index (χ4v) is 4.76. The summed E-state index contributed by atoms with van der Waals surface area (Å²) in [5.41, 5.74) is 3.10. The molecule has 7 nitrogen and oxygen atoms in total. The Kier molecular flexibility index (Phi) is 7.69. The van der Waals surface area contributed by atoms with Crippen LogP contribution in [0.4, 0.5) is 5.69 Å². The molecule has 2 N–H and O–H groups in total. The van der Waals surface area contributed by atoms with E-state index in [2.05, 4.69) is 10.0 Å². The second kappa shape index (κ2) is 10.3. The first kappa shape index (κ1) is 23.2. The first-order chi connectivity index (χ1) is 14.7. The van der Waals surface area contributed by atoms with E-state index < -0.39 is 10.0 Å². The Bertz CT molecular complexity index is 1030. The molecular formula is C23H30N2O5S. The Labute approximate surface area is 184 Å². The smallest absolute Gasteiger partial charge is 0.240 e. The van der Waals surface area contributed by atoms with E-state index in [9.17, 15) is 13.2 Å². The Morgan fingerprint density at radius 3 is 2.61 bits per heavy atom. The molecule has 0 spiro atoms. The number of ether oxygens (including phenoxy) is 2. The fraction of sp³-hybridized carbons (Fsp3) is 0.435. The normalized spacial score (nSPS) is 16.3. The highest BCUT2D eigenvalue weighted by Gasteiger charge is 2.19. The maximum atomic E-state index is 12.6. The number of nitrogens with one attached hydrogen (secondary N) is 2. The summed E-state index contributed by atoms with van der Waals surface area (Å²) in [4.78, 5) is 12.7. The second-order valence-corrected chi connectivity index (χ2v) is 9.65.